The molecule has 5 heteroatoms. The van der Waals surface area contributed by atoms with Crippen LogP contribution in [0.4, 0.5) is 0 Å². The standard InChI is InChI=1S/C22H39N3O2/c1-14(27)24-12-16-17(20(2,3)4)18(21(5,6)7)23-19(22(8,9)10)25(16)11-15(24)13-26/h15,18,26H,11-13H2,1-10H3. The molecule has 154 valence electrons. The fraction of sp³-hybridized carbons (Fsp3) is 0.818. The van der Waals surface area contributed by atoms with Crippen molar-refractivity contribution in [2.75, 3.05) is 19.7 Å². The second-order valence-electron chi connectivity index (χ2n) is 11.2. The van der Waals surface area contributed by atoms with Crippen molar-refractivity contribution in [2.24, 2.45) is 21.2 Å². The van der Waals surface area contributed by atoms with Crippen molar-refractivity contribution in [2.45, 2.75) is 81.3 Å². The van der Waals surface area contributed by atoms with Crippen LogP contribution in [0.3, 0.4) is 0 Å². The molecule has 0 bridgehead atoms. The zero-order valence-corrected chi connectivity index (χ0v) is 19.0. The molecule has 2 rings (SSSR count). The quantitative estimate of drug-likeness (QED) is 0.758. The van der Waals surface area contributed by atoms with Gasteiger partial charge in [-0.15, -0.1) is 0 Å². The van der Waals surface area contributed by atoms with Crippen LogP contribution in [0.25, 0.3) is 0 Å². The molecule has 1 saturated heterocycles. The third kappa shape index (κ3) is 4.23. The smallest absolute Gasteiger partial charge is 0.220 e. The van der Waals surface area contributed by atoms with E-state index in [9.17, 15) is 9.90 Å². The molecule has 0 aromatic carbocycles. The number of carbonyl (C=O) groups is 1. The summed E-state index contributed by atoms with van der Waals surface area (Å²) >= 11 is 0. The molecule has 2 atom stereocenters. The van der Waals surface area contributed by atoms with E-state index in [0.717, 1.165) is 5.84 Å². The molecule has 5 nitrogen and oxygen atoms in total. The van der Waals surface area contributed by atoms with E-state index in [2.05, 4.69) is 67.2 Å². The number of fused-ring (bicyclic) bond motifs is 1. The maximum absolute atomic E-state index is 12.3. The molecule has 1 N–H and O–H groups in total. The van der Waals surface area contributed by atoms with Gasteiger partial charge in [-0.1, -0.05) is 62.3 Å². The summed E-state index contributed by atoms with van der Waals surface area (Å²) < 4.78 is 0. The minimum Gasteiger partial charge on any atom is -0.394 e. The second-order valence-corrected chi connectivity index (χ2v) is 11.2. The van der Waals surface area contributed by atoms with Crippen molar-refractivity contribution in [3.8, 4) is 0 Å². The van der Waals surface area contributed by atoms with Gasteiger partial charge in [0.25, 0.3) is 0 Å². The fourth-order valence-electron chi connectivity index (χ4n) is 4.25. The second kappa shape index (κ2) is 6.91. The van der Waals surface area contributed by atoms with Gasteiger partial charge in [0.2, 0.25) is 5.91 Å². The third-order valence-electron chi connectivity index (χ3n) is 5.49. The Morgan fingerprint density at radius 3 is 2.00 bits per heavy atom. The number of hydrogen-bond acceptors (Lipinski definition) is 4. The molecular weight excluding hydrogens is 338 g/mol. The zero-order valence-electron chi connectivity index (χ0n) is 19.0. The molecule has 0 radical (unpaired) electrons. The van der Waals surface area contributed by atoms with Gasteiger partial charge in [0.1, 0.15) is 5.84 Å². The van der Waals surface area contributed by atoms with Crippen LogP contribution in [-0.4, -0.2) is 58.4 Å². The zero-order chi connectivity index (χ0) is 20.9. The van der Waals surface area contributed by atoms with Gasteiger partial charge in [0.05, 0.1) is 25.2 Å². The van der Waals surface area contributed by atoms with Gasteiger partial charge in [-0.3, -0.25) is 9.79 Å². The highest BCUT2D eigenvalue weighted by atomic mass is 16.3. The van der Waals surface area contributed by atoms with Crippen molar-refractivity contribution in [1.82, 2.24) is 9.80 Å². The molecular formula is C22H39N3O2. The number of rotatable bonds is 1. The number of piperazine rings is 1. The summed E-state index contributed by atoms with van der Waals surface area (Å²) in [6.45, 7) is 22.7. The molecule has 0 saturated carbocycles. The van der Waals surface area contributed by atoms with E-state index in [-0.39, 0.29) is 40.8 Å². The summed E-state index contributed by atoms with van der Waals surface area (Å²) in [6, 6.07) is -0.135. The summed E-state index contributed by atoms with van der Waals surface area (Å²) in [5, 5.41) is 9.92. The lowest BCUT2D eigenvalue weighted by molar-refractivity contribution is -0.133. The molecule has 0 aromatic heterocycles. The number of carbonyl (C=O) groups excluding carboxylic acids is 1. The van der Waals surface area contributed by atoms with Gasteiger partial charge in [-0.25, -0.2) is 0 Å². The van der Waals surface area contributed by atoms with E-state index >= 15 is 0 Å². The van der Waals surface area contributed by atoms with Gasteiger partial charge >= 0.3 is 0 Å². The van der Waals surface area contributed by atoms with Crippen molar-refractivity contribution < 1.29 is 9.90 Å². The number of amidine groups is 1. The van der Waals surface area contributed by atoms with E-state index in [1.54, 1.807) is 6.92 Å². The molecule has 0 aliphatic carbocycles. The first-order chi connectivity index (χ1) is 12.1. The summed E-state index contributed by atoms with van der Waals surface area (Å²) in [6.07, 6.45) is 0. The lowest BCUT2D eigenvalue weighted by Gasteiger charge is -2.52. The van der Waals surface area contributed by atoms with Crippen molar-refractivity contribution in [1.29, 1.82) is 0 Å². The Balaban J connectivity index is 2.74. The SMILES string of the molecule is CC(=O)N1CC2=C(C(C)(C)C)C(C(C)(C)C)N=C(C(C)(C)C)N2CC1CO. The Morgan fingerprint density at radius 1 is 1.07 bits per heavy atom. The Hall–Kier alpha value is -1.36. The molecule has 2 aliphatic rings. The number of hydrogen-bond donors (Lipinski definition) is 1. The van der Waals surface area contributed by atoms with Crippen LogP contribution in [0.1, 0.15) is 69.2 Å². The topological polar surface area (TPSA) is 56.1 Å². The molecule has 2 unspecified atom stereocenters. The first-order valence-corrected chi connectivity index (χ1v) is 10.1. The van der Waals surface area contributed by atoms with Crippen LogP contribution >= 0.6 is 0 Å². The molecule has 2 aliphatic heterocycles. The lowest BCUT2D eigenvalue weighted by atomic mass is 9.70. The monoisotopic (exact) mass is 377 g/mol. The van der Waals surface area contributed by atoms with Crippen LogP contribution in [-0.2, 0) is 4.79 Å². The summed E-state index contributed by atoms with van der Waals surface area (Å²) in [5.74, 6) is 1.08. The highest BCUT2D eigenvalue weighted by Gasteiger charge is 2.46. The average Bonchev–Trinajstić information content (AvgIpc) is 2.48. The van der Waals surface area contributed by atoms with Crippen LogP contribution in [0, 0.1) is 16.2 Å². The fourth-order valence-corrected chi connectivity index (χ4v) is 4.25. The van der Waals surface area contributed by atoms with Gasteiger partial charge in [-0.05, 0) is 16.4 Å². The molecule has 0 spiro atoms. The van der Waals surface area contributed by atoms with Gasteiger partial charge in [-0.2, -0.15) is 0 Å². The number of nitrogens with zero attached hydrogens (tertiary/aromatic N) is 3. The maximum atomic E-state index is 12.3. The predicted molar refractivity (Wildman–Crippen MR) is 112 cm³/mol. The maximum Gasteiger partial charge on any atom is 0.220 e. The molecule has 27 heavy (non-hydrogen) atoms. The summed E-state index contributed by atoms with van der Waals surface area (Å²) in [7, 11) is 0. The molecule has 0 aromatic rings. The Labute approximate surface area is 165 Å². The van der Waals surface area contributed by atoms with Crippen molar-refractivity contribution in [3.05, 3.63) is 11.3 Å². The Morgan fingerprint density at radius 2 is 1.63 bits per heavy atom. The highest BCUT2D eigenvalue weighted by Crippen LogP contribution is 2.45. The van der Waals surface area contributed by atoms with Gasteiger partial charge < -0.3 is 14.9 Å². The van der Waals surface area contributed by atoms with Crippen LogP contribution in [0.2, 0.25) is 0 Å². The summed E-state index contributed by atoms with van der Waals surface area (Å²) in [4.78, 5) is 21.7. The molecule has 1 fully saturated rings. The van der Waals surface area contributed by atoms with E-state index < -0.39 is 0 Å². The largest absolute Gasteiger partial charge is 0.394 e. The number of aliphatic hydroxyl groups is 1. The number of aliphatic imine (C=N–C) groups is 1. The highest BCUT2D eigenvalue weighted by molar-refractivity contribution is 5.91. The number of aliphatic hydroxyl groups excluding tert-OH is 1. The van der Waals surface area contributed by atoms with Crippen LogP contribution < -0.4 is 0 Å². The predicted octanol–water partition coefficient (Wildman–Crippen LogP) is 3.68. The van der Waals surface area contributed by atoms with E-state index in [4.69, 9.17) is 4.99 Å². The van der Waals surface area contributed by atoms with E-state index in [1.165, 1.54) is 11.3 Å². The first kappa shape index (κ1) is 21.9. The third-order valence-corrected chi connectivity index (χ3v) is 5.49. The lowest BCUT2D eigenvalue weighted by Crippen LogP contribution is -2.61. The Kier molecular flexibility index (Phi) is 5.61. The average molecular weight is 378 g/mol. The van der Waals surface area contributed by atoms with Gasteiger partial charge in [0.15, 0.2) is 0 Å². The van der Waals surface area contributed by atoms with Gasteiger partial charge in [0, 0.05) is 24.6 Å². The van der Waals surface area contributed by atoms with E-state index in [1.807, 2.05) is 4.90 Å². The minimum absolute atomic E-state index is 0.0154. The Bertz CT molecular complexity index is 657. The normalized spacial score (nSPS) is 24.8. The molecule has 2 heterocycles. The minimum atomic E-state index is -0.203. The van der Waals surface area contributed by atoms with Crippen molar-refractivity contribution >= 4 is 11.7 Å². The van der Waals surface area contributed by atoms with Crippen LogP contribution in [0.5, 0.6) is 0 Å². The van der Waals surface area contributed by atoms with Crippen LogP contribution in [0.15, 0.2) is 16.3 Å². The molecule has 1 amide bonds. The van der Waals surface area contributed by atoms with Crippen molar-refractivity contribution in [3.63, 3.8) is 0 Å². The summed E-state index contributed by atoms with van der Waals surface area (Å²) in [5.41, 5.74) is 2.31. The van der Waals surface area contributed by atoms with E-state index in [0.29, 0.717) is 13.1 Å². The first-order valence-electron chi connectivity index (χ1n) is 10.1. The number of amides is 1.